The van der Waals surface area contributed by atoms with Gasteiger partial charge in [-0.25, -0.2) is 9.59 Å². The van der Waals surface area contributed by atoms with Crippen molar-refractivity contribution in [3.63, 3.8) is 0 Å². The lowest BCUT2D eigenvalue weighted by Gasteiger charge is -2.13. The quantitative estimate of drug-likeness (QED) is 0.860. The Morgan fingerprint density at radius 1 is 0.960 bits per heavy atom. The number of benzene rings is 2. The first-order valence-corrected chi connectivity index (χ1v) is 7.16. The zero-order valence-corrected chi connectivity index (χ0v) is 13.0. The van der Waals surface area contributed by atoms with Crippen LogP contribution in [0.2, 0.25) is 0 Å². The summed E-state index contributed by atoms with van der Waals surface area (Å²) < 4.78 is 4.46. The Kier molecular flexibility index (Phi) is 4.17. The van der Waals surface area contributed by atoms with Gasteiger partial charge in [-0.1, -0.05) is 23.3 Å². The topological polar surface area (TPSA) is 102 Å². The van der Waals surface area contributed by atoms with Crippen molar-refractivity contribution in [2.24, 2.45) is 0 Å². The summed E-state index contributed by atoms with van der Waals surface area (Å²) in [6.45, 7) is 0. The minimum Gasteiger partial charge on any atom is -0.453 e. The van der Waals surface area contributed by atoms with Crippen LogP contribution in [0.25, 0.3) is 0 Å². The average Bonchev–Trinajstić information content (AvgIpc) is 2.87. The highest BCUT2D eigenvalue weighted by atomic mass is 16.7. The molecule has 1 aliphatic heterocycles. The number of methoxy groups -OCH3 is 1. The second-order valence-electron chi connectivity index (χ2n) is 5.03. The van der Waals surface area contributed by atoms with Crippen molar-refractivity contribution in [2.45, 2.75) is 0 Å². The fraction of sp³-hybridized carbons (Fsp3) is 0.0588. The van der Waals surface area contributed by atoms with Gasteiger partial charge in [0.1, 0.15) is 0 Å². The third kappa shape index (κ3) is 3.05. The van der Waals surface area contributed by atoms with Gasteiger partial charge in [0.25, 0.3) is 11.8 Å². The predicted molar refractivity (Wildman–Crippen MR) is 84.8 cm³/mol. The van der Waals surface area contributed by atoms with Gasteiger partial charge in [-0.05, 0) is 30.3 Å². The molecule has 0 saturated heterocycles. The molecule has 126 valence electrons. The Balaban J connectivity index is 1.77. The van der Waals surface area contributed by atoms with Crippen molar-refractivity contribution in [2.75, 3.05) is 12.4 Å². The van der Waals surface area contributed by atoms with E-state index >= 15 is 0 Å². The third-order valence-electron chi connectivity index (χ3n) is 3.46. The van der Waals surface area contributed by atoms with Crippen LogP contribution in [0.15, 0.2) is 48.5 Å². The summed E-state index contributed by atoms with van der Waals surface area (Å²) in [5.41, 5.74) is 0.678. The maximum absolute atomic E-state index is 12.2. The largest absolute Gasteiger partial charge is 0.453 e. The van der Waals surface area contributed by atoms with E-state index in [4.69, 9.17) is 4.84 Å². The number of nitrogens with zero attached hydrogens (tertiary/aromatic N) is 1. The number of carbonyl (C=O) groups is 4. The van der Waals surface area contributed by atoms with Crippen LogP contribution < -0.4 is 5.32 Å². The van der Waals surface area contributed by atoms with Gasteiger partial charge < -0.3 is 9.57 Å². The molecule has 25 heavy (non-hydrogen) atoms. The number of carbonyl (C=O) groups excluding carboxylic acids is 4. The Bertz CT molecular complexity index is 857. The Morgan fingerprint density at radius 3 is 2.20 bits per heavy atom. The molecule has 0 aromatic heterocycles. The van der Waals surface area contributed by atoms with Gasteiger partial charge in [-0.2, -0.15) is 0 Å². The zero-order chi connectivity index (χ0) is 18.0. The smallest absolute Gasteiger partial charge is 0.411 e. The van der Waals surface area contributed by atoms with E-state index in [1.54, 1.807) is 12.1 Å². The van der Waals surface area contributed by atoms with Crippen LogP contribution in [-0.4, -0.2) is 36.0 Å². The number of fused-ring (bicyclic) bond motifs is 1. The molecule has 0 bridgehead atoms. The molecule has 3 amide bonds. The van der Waals surface area contributed by atoms with E-state index in [1.807, 2.05) is 0 Å². The van der Waals surface area contributed by atoms with Gasteiger partial charge in [0.15, 0.2) is 0 Å². The summed E-state index contributed by atoms with van der Waals surface area (Å²) in [6.07, 6.45) is -0.703. The lowest BCUT2D eigenvalue weighted by molar-refractivity contribution is -0.0584. The summed E-state index contributed by atoms with van der Waals surface area (Å²) in [5, 5.41) is 2.82. The van der Waals surface area contributed by atoms with E-state index in [9.17, 15) is 19.2 Å². The monoisotopic (exact) mass is 340 g/mol. The molecule has 0 fully saturated rings. The number of anilines is 1. The SMILES string of the molecule is COC(=O)Nc1cccc(C(=O)ON2C(=O)c3ccccc3C2=O)c1. The molecule has 0 radical (unpaired) electrons. The number of imide groups is 1. The fourth-order valence-corrected chi connectivity index (χ4v) is 2.28. The molecule has 0 atom stereocenters. The molecular formula is C17H12N2O6. The van der Waals surface area contributed by atoms with Gasteiger partial charge in [0.2, 0.25) is 0 Å². The zero-order valence-electron chi connectivity index (χ0n) is 13.0. The highest BCUT2D eigenvalue weighted by Crippen LogP contribution is 2.23. The second kappa shape index (κ2) is 6.44. The lowest BCUT2D eigenvalue weighted by atomic mass is 10.1. The second-order valence-corrected chi connectivity index (χ2v) is 5.03. The molecule has 0 unspecified atom stereocenters. The van der Waals surface area contributed by atoms with Crippen molar-refractivity contribution < 1.29 is 28.8 Å². The van der Waals surface area contributed by atoms with Crippen LogP contribution >= 0.6 is 0 Å². The van der Waals surface area contributed by atoms with Gasteiger partial charge >= 0.3 is 12.1 Å². The fourth-order valence-electron chi connectivity index (χ4n) is 2.28. The molecular weight excluding hydrogens is 328 g/mol. The molecule has 2 aromatic rings. The first-order valence-electron chi connectivity index (χ1n) is 7.16. The van der Waals surface area contributed by atoms with E-state index < -0.39 is 23.9 Å². The first kappa shape index (κ1) is 16.2. The minimum atomic E-state index is -0.914. The molecule has 8 nitrogen and oxygen atoms in total. The predicted octanol–water partition coefficient (Wildman–Crippen LogP) is 2.23. The highest BCUT2D eigenvalue weighted by molar-refractivity contribution is 6.21. The number of amides is 3. The number of hydroxylamine groups is 2. The van der Waals surface area contributed by atoms with Crippen molar-refractivity contribution >= 4 is 29.6 Å². The number of hydrogen-bond donors (Lipinski definition) is 1. The summed E-state index contributed by atoms with van der Waals surface area (Å²) >= 11 is 0. The van der Waals surface area contributed by atoms with Gasteiger partial charge in [-0.15, -0.1) is 0 Å². The van der Waals surface area contributed by atoms with Crippen molar-refractivity contribution in [1.82, 2.24) is 5.06 Å². The summed E-state index contributed by atoms with van der Waals surface area (Å²) in [7, 11) is 1.20. The van der Waals surface area contributed by atoms with E-state index in [-0.39, 0.29) is 16.7 Å². The summed E-state index contributed by atoms with van der Waals surface area (Å²) in [5.74, 6) is -2.33. The van der Waals surface area contributed by atoms with Gasteiger partial charge in [0, 0.05) is 5.69 Å². The first-order chi connectivity index (χ1) is 12.0. The Labute approximate surface area is 141 Å². The van der Waals surface area contributed by atoms with Crippen LogP contribution in [0.5, 0.6) is 0 Å². The van der Waals surface area contributed by atoms with Crippen LogP contribution in [-0.2, 0) is 9.57 Å². The molecule has 0 saturated carbocycles. The third-order valence-corrected chi connectivity index (χ3v) is 3.46. The standard InChI is InChI=1S/C17H12N2O6/c1-24-17(23)18-11-6-4-5-10(9-11)16(22)25-19-14(20)12-7-2-3-8-13(12)15(19)21/h2-9H,1H3,(H,18,23). The highest BCUT2D eigenvalue weighted by Gasteiger charge is 2.38. The molecule has 8 heteroatoms. The lowest BCUT2D eigenvalue weighted by Crippen LogP contribution is -2.32. The molecule has 2 aromatic carbocycles. The number of ether oxygens (including phenoxy) is 1. The van der Waals surface area contributed by atoms with Crippen molar-refractivity contribution in [1.29, 1.82) is 0 Å². The van der Waals surface area contributed by atoms with Crippen LogP contribution in [0.1, 0.15) is 31.1 Å². The molecule has 3 rings (SSSR count). The maximum Gasteiger partial charge on any atom is 0.411 e. The summed E-state index contributed by atoms with van der Waals surface area (Å²) in [4.78, 5) is 52.7. The molecule has 0 aliphatic carbocycles. The van der Waals surface area contributed by atoms with Crippen molar-refractivity contribution in [3.8, 4) is 0 Å². The van der Waals surface area contributed by atoms with Crippen LogP contribution in [0.3, 0.4) is 0 Å². The molecule has 0 spiro atoms. The molecule has 1 aliphatic rings. The maximum atomic E-state index is 12.2. The van der Waals surface area contributed by atoms with Gasteiger partial charge in [0.05, 0.1) is 23.8 Å². The van der Waals surface area contributed by atoms with Crippen LogP contribution in [0.4, 0.5) is 10.5 Å². The Hall–Kier alpha value is -3.68. The Morgan fingerprint density at radius 2 is 1.60 bits per heavy atom. The molecule has 1 N–H and O–H groups in total. The average molecular weight is 340 g/mol. The molecule has 1 heterocycles. The van der Waals surface area contributed by atoms with E-state index in [0.29, 0.717) is 10.8 Å². The van der Waals surface area contributed by atoms with Crippen molar-refractivity contribution in [3.05, 3.63) is 65.2 Å². The van der Waals surface area contributed by atoms with Gasteiger partial charge in [-0.3, -0.25) is 14.9 Å². The van der Waals surface area contributed by atoms with Crippen LogP contribution in [0, 0.1) is 0 Å². The number of nitrogens with one attached hydrogen (secondary N) is 1. The minimum absolute atomic E-state index is 0.0467. The number of hydrogen-bond acceptors (Lipinski definition) is 6. The summed E-state index contributed by atoms with van der Waals surface area (Å²) in [6, 6.07) is 12.0. The van der Waals surface area contributed by atoms with E-state index in [0.717, 1.165) is 0 Å². The van der Waals surface area contributed by atoms with E-state index in [2.05, 4.69) is 10.1 Å². The normalized spacial score (nSPS) is 12.6. The van der Waals surface area contributed by atoms with E-state index in [1.165, 1.54) is 43.5 Å². The number of rotatable bonds is 3.